The number of amides is 1. The van der Waals surface area contributed by atoms with Crippen LogP contribution in [0.15, 0.2) is 64.3 Å². The maximum Gasteiger partial charge on any atom is 0.277 e. The highest BCUT2D eigenvalue weighted by Crippen LogP contribution is 2.26. The van der Waals surface area contributed by atoms with Crippen molar-refractivity contribution >= 4 is 11.6 Å². The van der Waals surface area contributed by atoms with Gasteiger partial charge < -0.3 is 25.4 Å². The second-order valence-corrected chi connectivity index (χ2v) is 7.73. The van der Waals surface area contributed by atoms with E-state index in [4.69, 9.17) is 9.83 Å². The Labute approximate surface area is 185 Å². The Balaban J connectivity index is 1.58. The molecular weight excluding hydrogens is 411 g/mol. The molecule has 0 unspecified atom stereocenters. The van der Waals surface area contributed by atoms with Gasteiger partial charge in [-0.05, 0) is 44.1 Å². The number of halogens is 1. The normalized spacial score (nSPS) is 18.4. The van der Waals surface area contributed by atoms with Gasteiger partial charge in [-0.25, -0.2) is 9.37 Å². The molecule has 0 bridgehead atoms. The lowest BCUT2D eigenvalue weighted by Crippen LogP contribution is -2.39. The van der Waals surface area contributed by atoms with Gasteiger partial charge in [-0.2, -0.15) is 0 Å². The number of hydrogen-bond donors (Lipinski definition) is 3. The lowest BCUT2D eigenvalue weighted by atomic mass is 9.99. The predicted octanol–water partition coefficient (Wildman–Crippen LogP) is 3.11. The minimum absolute atomic E-state index is 0.136. The Morgan fingerprint density at radius 3 is 2.84 bits per heavy atom. The Bertz CT molecular complexity index is 1130. The number of carbonyl (C=O) groups excluding carboxylic acids is 1. The van der Waals surface area contributed by atoms with Crippen molar-refractivity contribution in [1.82, 2.24) is 25.5 Å². The number of aromatic nitrogens is 2. The third-order valence-corrected chi connectivity index (χ3v) is 5.36. The molecule has 0 spiro atoms. The number of carbonyl (C=O) groups is 1. The zero-order chi connectivity index (χ0) is 22.7. The van der Waals surface area contributed by atoms with Crippen LogP contribution >= 0.6 is 0 Å². The average Bonchev–Trinajstić information content (AvgIpc) is 3.27. The van der Waals surface area contributed by atoms with Crippen LogP contribution in [0, 0.1) is 12.3 Å². The second kappa shape index (κ2) is 9.17. The van der Waals surface area contributed by atoms with Gasteiger partial charge in [0.2, 0.25) is 5.89 Å². The number of alkyl halides is 1. The first-order valence-corrected chi connectivity index (χ1v) is 10.4. The van der Waals surface area contributed by atoms with E-state index in [2.05, 4.69) is 20.6 Å². The van der Waals surface area contributed by atoms with E-state index in [1.165, 1.54) is 6.26 Å². The third kappa shape index (κ3) is 4.61. The molecule has 2 aromatic rings. The van der Waals surface area contributed by atoms with E-state index in [0.717, 1.165) is 11.3 Å². The molecule has 3 heterocycles. The third-order valence-electron chi connectivity index (χ3n) is 5.36. The highest BCUT2D eigenvalue weighted by Gasteiger charge is 2.27. The summed E-state index contributed by atoms with van der Waals surface area (Å²) in [5.74, 6) is -0.0999. The minimum Gasteiger partial charge on any atom is -0.444 e. The van der Waals surface area contributed by atoms with Crippen molar-refractivity contribution in [3.63, 3.8) is 0 Å². The van der Waals surface area contributed by atoms with Gasteiger partial charge in [0.1, 0.15) is 12.4 Å². The Morgan fingerprint density at radius 1 is 1.34 bits per heavy atom. The first-order valence-electron chi connectivity index (χ1n) is 10.4. The lowest BCUT2D eigenvalue weighted by Gasteiger charge is -2.35. The molecule has 8 nitrogen and oxygen atoms in total. The van der Waals surface area contributed by atoms with Crippen molar-refractivity contribution in [3.05, 3.63) is 71.3 Å². The molecule has 1 aliphatic carbocycles. The molecule has 2 aromatic heterocycles. The van der Waals surface area contributed by atoms with Crippen LogP contribution in [0.25, 0.3) is 11.5 Å². The van der Waals surface area contributed by atoms with Crippen molar-refractivity contribution in [3.8, 4) is 11.5 Å². The van der Waals surface area contributed by atoms with Gasteiger partial charge in [0.15, 0.2) is 5.69 Å². The number of nitrogens with one attached hydrogen (secondary N) is 3. The summed E-state index contributed by atoms with van der Waals surface area (Å²) in [5, 5.41) is 14.1. The van der Waals surface area contributed by atoms with Crippen LogP contribution in [0.4, 0.5) is 4.39 Å². The summed E-state index contributed by atoms with van der Waals surface area (Å²) in [6.45, 7) is 2.91. The molecule has 0 radical (unpaired) electrons. The van der Waals surface area contributed by atoms with Crippen LogP contribution < -0.4 is 10.6 Å². The number of rotatable bonds is 5. The molecule has 0 aromatic carbocycles. The highest BCUT2D eigenvalue weighted by molar-refractivity contribution is 6.10. The summed E-state index contributed by atoms with van der Waals surface area (Å²) in [6.07, 6.45) is 8.12. The molecule has 32 heavy (non-hydrogen) atoms. The number of oxazole rings is 1. The number of nitrogens with zero attached hydrogens (tertiary/aromatic N) is 3. The van der Waals surface area contributed by atoms with Gasteiger partial charge in [0.05, 0.1) is 17.1 Å². The van der Waals surface area contributed by atoms with Crippen LogP contribution in [0.3, 0.4) is 0 Å². The van der Waals surface area contributed by atoms with E-state index in [1.807, 2.05) is 17.9 Å². The van der Waals surface area contributed by atoms with E-state index in [1.54, 1.807) is 37.7 Å². The average molecular weight is 436 g/mol. The van der Waals surface area contributed by atoms with Gasteiger partial charge in [-0.15, -0.1) is 0 Å². The standard InChI is InChI=1S/C23H25FN6O2/c1-14-9-15(3-6-27-14)23-29-20(13-32-23)22(31)28-19-10-16(12-26-2)18(25)11-21(19)30-7-4-17(24)5-8-30/h3,6,9-13,17,25-26H,4-5,7-8H2,1-2H3,(H,28,31)/b16-12-,25-18?. The number of likely N-dealkylation sites (tertiary alicyclic amines) is 1. The molecule has 1 aliphatic heterocycles. The molecule has 2 aliphatic rings. The summed E-state index contributed by atoms with van der Waals surface area (Å²) in [7, 11) is 1.75. The van der Waals surface area contributed by atoms with Crippen LogP contribution in [0.5, 0.6) is 0 Å². The number of pyridine rings is 1. The number of hydrogen-bond acceptors (Lipinski definition) is 7. The van der Waals surface area contributed by atoms with Crippen molar-refractivity contribution in [2.24, 2.45) is 0 Å². The van der Waals surface area contributed by atoms with E-state index in [9.17, 15) is 9.18 Å². The smallest absolute Gasteiger partial charge is 0.277 e. The molecule has 1 amide bonds. The number of piperidine rings is 1. The predicted molar refractivity (Wildman–Crippen MR) is 119 cm³/mol. The van der Waals surface area contributed by atoms with Gasteiger partial charge in [-0.3, -0.25) is 9.78 Å². The monoisotopic (exact) mass is 436 g/mol. The molecule has 4 rings (SSSR count). The minimum atomic E-state index is -0.818. The summed E-state index contributed by atoms with van der Waals surface area (Å²) in [4.78, 5) is 23.4. The molecule has 0 saturated carbocycles. The van der Waals surface area contributed by atoms with Crippen molar-refractivity contribution < 1.29 is 13.6 Å². The molecule has 3 N–H and O–H groups in total. The van der Waals surface area contributed by atoms with Crippen molar-refractivity contribution in [2.45, 2.75) is 25.9 Å². The summed E-state index contributed by atoms with van der Waals surface area (Å²) < 4.78 is 19.2. The SMILES string of the molecule is CN/C=C1/C=C(NC(=O)c2coc(-c3ccnc(C)c3)n2)C(N2CCC(F)CC2)=CC1=N. The first-order chi connectivity index (χ1) is 15.4. The van der Waals surface area contributed by atoms with Gasteiger partial charge in [0, 0.05) is 49.4 Å². The zero-order valence-corrected chi connectivity index (χ0v) is 18.0. The van der Waals surface area contributed by atoms with Gasteiger partial charge in [0.25, 0.3) is 5.91 Å². The molecule has 166 valence electrons. The fourth-order valence-corrected chi connectivity index (χ4v) is 3.71. The molecule has 1 saturated heterocycles. The number of allylic oxidation sites excluding steroid dienone is 3. The van der Waals surface area contributed by atoms with Crippen LogP contribution in [-0.4, -0.2) is 52.8 Å². The maximum atomic E-state index is 13.6. The van der Waals surface area contributed by atoms with Crippen molar-refractivity contribution in [1.29, 1.82) is 5.41 Å². The Hall–Kier alpha value is -3.75. The second-order valence-electron chi connectivity index (χ2n) is 7.73. The Kier molecular flexibility index (Phi) is 6.16. The van der Waals surface area contributed by atoms with E-state index >= 15 is 0 Å². The van der Waals surface area contributed by atoms with Gasteiger partial charge >= 0.3 is 0 Å². The molecule has 0 atom stereocenters. The fraction of sp³-hybridized carbons (Fsp3) is 0.304. The summed E-state index contributed by atoms with van der Waals surface area (Å²) in [5.41, 5.74) is 3.85. The van der Waals surface area contributed by atoms with Crippen molar-refractivity contribution in [2.75, 3.05) is 20.1 Å². The first kappa shape index (κ1) is 21.5. The summed E-state index contributed by atoms with van der Waals surface area (Å²) >= 11 is 0. The van der Waals surface area contributed by atoms with E-state index < -0.39 is 12.1 Å². The quantitative estimate of drug-likeness (QED) is 0.665. The fourth-order valence-electron chi connectivity index (χ4n) is 3.71. The lowest BCUT2D eigenvalue weighted by molar-refractivity contribution is 0.0958. The largest absolute Gasteiger partial charge is 0.444 e. The van der Waals surface area contributed by atoms with Gasteiger partial charge in [-0.1, -0.05) is 0 Å². The van der Waals surface area contributed by atoms with Crippen LogP contribution in [0.1, 0.15) is 29.0 Å². The van der Waals surface area contributed by atoms with E-state index in [-0.39, 0.29) is 5.69 Å². The van der Waals surface area contributed by atoms with E-state index in [0.29, 0.717) is 54.5 Å². The Morgan fingerprint density at radius 2 is 2.12 bits per heavy atom. The molecule has 9 heteroatoms. The topological polar surface area (TPSA) is 107 Å². The summed E-state index contributed by atoms with van der Waals surface area (Å²) in [6, 6.07) is 3.59. The maximum absolute atomic E-state index is 13.6. The molecule has 1 fully saturated rings. The highest BCUT2D eigenvalue weighted by atomic mass is 19.1. The zero-order valence-electron chi connectivity index (χ0n) is 18.0. The molecular formula is C23H25FN6O2. The number of aryl methyl sites for hydroxylation is 1. The van der Waals surface area contributed by atoms with Crippen LogP contribution in [0.2, 0.25) is 0 Å². The van der Waals surface area contributed by atoms with Crippen LogP contribution in [-0.2, 0) is 0 Å².